The summed E-state index contributed by atoms with van der Waals surface area (Å²) in [6.45, 7) is 4.22. The Morgan fingerprint density at radius 1 is 1.52 bits per heavy atom. The zero-order valence-electron chi connectivity index (χ0n) is 13.6. The number of hydrogen-bond donors (Lipinski definition) is 2. The van der Waals surface area contributed by atoms with Crippen molar-refractivity contribution < 1.29 is 9.53 Å². The van der Waals surface area contributed by atoms with Crippen LogP contribution in [0.4, 0.5) is 0 Å². The molecule has 130 valence electrons. The molecule has 6 nitrogen and oxygen atoms in total. The third-order valence-electron chi connectivity index (χ3n) is 3.54. The van der Waals surface area contributed by atoms with Crippen LogP contribution in [0.15, 0.2) is 23.9 Å². The minimum Gasteiger partial charge on any atom is -0.380 e. The summed E-state index contributed by atoms with van der Waals surface area (Å²) in [5.41, 5.74) is 4.51. The maximum Gasteiger partial charge on any atom is 0.259 e. The highest BCUT2D eigenvalue weighted by Crippen LogP contribution is 2.28. The number of aromatic nitrogens is 1. The molecule has 0 bridgehead atoms. The van der Waals surface area contributed by atoms with Gasteiger partial charge in [0.1, 0.15) is 5.15 Å². The molecule has 8 heteroatoms. The first-order chi connectivity index (χ1) is 12.1. The van der Waals surface area contributed by atoms with E-state index in [1.165, 1.54) is 30.8 Å². The van der Waals surface area contributed by atoms with Crippen molar-refractivity contribution >= 4 is 40.0 Å². The molecule has 1 fully saturated rings. The van der Waals surface area contributed by atoms with Crippen molar-refractivity contribution in [1.82, 2.24) is 15.7 Å². The molecule has 0 spiro atoms. The van der Waals surface area contributed by atoms with Crippen LogP contribution in [0.5, 0.6) is 0 Å². The van der Waals surface area contributed by atoms with Gasteiger partial charge < -0.3 is 4.74 Å². The Labute approximate surface area is 155 Å². The molecule has 1 aromatic heterocycles. The van der Waals surface area contributed by atoms with E-state index in [9.17, 15) is 4.79 Å². The monoisotopic (exact) mass is 376 g/mol. The summed E-state index contributed by atoms with van der Waals surface area (Å²) in [5, 5.41) is 7.49. The standard InChI is InChI=1S/C17H17ClN4O2S/c1-10(9-24-2)12-7-14(18)19-8-13(12)16(23)20-17-22-21-15(25-17)6-5-11-3-4-11/h7-8,11,15,21H,1,3-4,9H2,2H3,(H,20,22,23). The number of pyridine rings is 1. The van der Waals surface area contributed by atoms with Crippen LogP contribution >= 0.6 is 23.4 Å². The molecule has 0 radical (unpaired) electrons. The van der Waals surface area contributed by atoms with Gasteiger partial charge in [-0.15, -0.1) is 0 Å². The number of thioether (sulfide) groups is 1. The van der Waals surface area contributed by atoms with Gasteiger partial charge in [-0.1, -0.05) is 30.0 Å². The molecule has 1 aliphatic carbocycles. The number of hydrazone groups is 1. The van der Waals surface area contributed by atoms with Crippen LogP contribution < -0.4 is 10.7 Å². The van der Waals surface area contributed by atoms with Crippen molar-refractivity contribution in [3.05, 3.63) is 35.1 Å². The molecule has 3 rings (SSSR count). The first kappa shape index (κ1) is 17.8. The lowest BCUT2D eigenvalue weighted by Crippen LogP contribution is -2.28. The Morgan fingerprint density at radius 3 is 3.04 bits per heavy atom. The average Bonchev–Trinajstić information content (AvgIpc) is 3.32. The quantitative estimate of drug-likeness (QED) is 0.623. The van der Waals surface area contributed by atoms with Gasteiger partial charge in [0, 0.05) is 19.2 Å². The van der Waals surface area contributed by atoms with Crippen molar-refractivity contribution in [2.75, 3.05) is 13.7 Å². The van der Waals surface area contributed by atoms with E-state index in [4.69, 9.17) is 16.3 Å². The number of nitrogens with one attached hydrogen (secondary N) is 2. The zero-order valence-corrected chi connectivity index (χ0v) is 15.2. The Morgan fingerprint density at radius 2 is 2.32 bits per heavy atom. The van der Waals surface area contributed by atoms with E-state index in [0.717, 1.165) is 0 Å². The smallest absolute Gasteiger partial charge is 0.259 e. The van der Waals surface area contributed by atoms with Gasteiger partial charge >= 0.3 is 0 Å². The van der Waals surface area contributed by atoms with Crippen molar-refractivity contribution in [1.29, 1.82) is 0 Å². The first-order valence-corrected chi connectivity index (χ1v) is 8.97. The normalized spacial score (nSPS) is 18.6. The Hall–Kier alpha value is -2.01. The third-order valence-corrected chi connectivity index (χ3v) is 4.63. The van der Waals surface area contributed by atoms with Gasteiger partial charge in [0.25, 0.3) is 5.91 Å². The average molecular weight is 377 g/mol. The molecule has 1 aromatic rings. The van der Waals surface area contributed by atoms with E-state index in [2.05, 4.69) is 39.2 Å². The lowest BCUT2D eigenvalue weighted by molar-refractivity contribution is 0.0977. The second kappa shape index (κ2) is 7.91. The molecule has 2 N–H and O–H groups in total. The van der Waals surface area contributed by atoms with Crippen LogP contribution in [0.25, 0.3) is 5.57 Å². The van der Waals surface area contributed by atoms with Crippen LogP contribution in [-0.4, -0.2) is 35.1 Å². The molecule has 1 saturated carbocycles. The highest BCUT2D eigenvalue weighted by molar-refractivity contribution is 8.14. The first-order valence-electron chi connectivity index (χ1n) is 7.71. The van der Waals surface area contributed by atoms with Crippen molar-refractivity contribution in [2.45, 2.75) is 18.2 Å². The highest BCUT2D eigenvalue weighted by Gasteiger charge is 2.23. The summed E-state index contributed by atoms with van der Waals surface area (Å²) in [6.07, 6.45) is 3.77. The molecular formula is C17H17ClN4O2S. The lowest BCUT2D eigenvalue weighted by atomic mass is 10.0. The molecule has 1 unspecified atom stereocenters. The van der Waals surface area contributed by atoms with E-state index in [1.54, 1.807) is 13.2 Å². The fraction of sp³-hybridized carbons (Fsp3) is 0.353. The summed E-state index contributed by atoms with van der Waals surface area (Å²) < 4.78 is 5.08. The van der Waals surface area contributed by atoms with Gasteiger partial charge in [0.2, 0.25) is 0 Å². The number of nitrogens with zero attached hydrogens (tertiary/aromatic N) is 2. The molecule has 2 aliphatic rings. The second-order valence-electron chi connectivity index (χ2n) is 5.65. The predicted octanol–water partition coefficient (Wildman–Crippen LogP) is 2.47. The topological polar surface area (TPSA) is 75.6 Å². The molecule has 25 heavy (non-hydrogen) atoms. The molecule has 0 aromatic carbocycles. The van der Waals surface area contributed by atoms with Crippen LogP contribution in [0, 0.1) is 17.8 Å². The molecule has 1 amide bonds. The van der Waals surface area contributed by atoms with Crippen LogP contribution in [0.3, 0.4) is 0 Å². The number of carbonyl (C=O) groups is 1. The van der Waals surface area contributed by atoms with Crippen LogP contribution in [0.2, 0.25) is 5.15 Å². The number of amidine groups is 1. The third kappa shape index (κ3) is 4.75. The number of halogens is 1. The maximum absolute atomic E-state index is 12.6. The number of methoxy groups -OCH3 is 1. The largest absolute Gasteiger partial charge is 0.380 e. The number of amides is 1. The Kier molecular flexibility index (Phi) is 5.63. The second-order valence-corrected chi connectivity index (χ2v) is 7.13. The molecule has 1 atom stereocenters. The molecular weight excluding hydrogens is 360 g/mol. The SMILES string of the molecule is C=C(COC)c1cc(Cl)ncc1C(=O)NC1=NNC(C#CC2CC2)S1. The van der Waals surface area contributed by atoms with Crippen LogP contribution in [0.1, 0.15) is 28.8 Å². The maximum atomic E-state index is 12.6. The van der Waals surface area contributed by atoms with E-state index < -0.39 is 0 Å². The summed E-state index contributed by atoms with van der Waals surface area (Å²) in [6, 6.07) is 1.60. The zero-order chi connectivity index (χ0) is 17.8. The van der Waals surface area contributed by atoms with Crippen molar-refractivity contribution in [2.24, 2.45) is 11.0 Å². The van der Waals surface area contributed by atoms with Gasteiger partial charge in [0.05, 0.1) is 12.2 Å². The van der Waals surface area contributed by atoms with Crippen molar-refractivity contribution in [3.63, 3.8) is 0 Å². The lowest BCUT2D eigenvalue weighted by Gasteiger charge is -2.11. The Bertz CT molecular complexity index is 796. The minimum atomic E-state index is -0.333. The highest BCUT2D eigenvalue weighted by atomic mass is 35.5. The summed E-state index contributed by atoms with van der Waals surface area (Å²) in [7, 11) is 1.56. The fourth-order valence-corrected chi connectivity index (χ4v) is 3.01. The van der Waals surface area contributed by atoms with Gasteiger partial charge in [0.15, 0.2) is 10.5 Å². The van der Waals surface area contributed by atoms with Gasteiger partial charge in [-0.3, -0.25) is 15.5 Å². The summed E-state index contributed by atoms with van der Waals surface area (Å²) >= 11 is 7.31. The number of carbonyl (C=O) groups excluding carboxylic acids is 1. The summed E-state index contributed by atoms with van der Waals surface area (Å²) in [4.78, 5) is 16.6. The number of ether oxygens (including phenoxy) is 1. The van der Waals surface area contributed by atoms with E-state index in [-0.39, 0.29) is 23.0 Å². The van der Waals surface area contributed by atoms with Gasteiger partial charge in [-0.05, 0) is 41.8 Å². The van der Waals surface area contributed by atoms with Gasteiger partial charge in [-0.2, -0.15) is 5.10 Å². The van der Waals surface area contributed by atoms with E-state index in [0.29, 0.717) is 27.8 Å². The van der Waals surface area contributed by atoms with Crippen molar-refractivity contribution in [3.8, 4) is 11.8 Å². The molecule has 0 saturated heterocycles. The Balaban J connectivity index is 1.67. The molecule has 1 aliphatic heterocycles. The number of hydrogen-bond acceptors (Lipinski definition) is 6. The predicted molar refractivity (Wildman–Crippen MR) is 100 cm³/mol. The van der Waals surface area contributed by atoms with E-state index in [1.807, 2.05) is 0 Å². The summed E-state index contributed by atoms with van der Waals surface area (Å²) in [5.74, 6) is 6.49. The fourth-order valence-electron chi connectivity index (χ4n) is 2.14. The van der Waals surface area contributed by atoms with Crippen LogP contribution in [-0.2, 0) is 4.74 Å². The number of rotatable bonds is 4. The molecule has 2 heterocycles. The van der Waals surface area contributed by atoms with E-state index >= 15 is 0 Å². The van der Waals surface area contributed by atoms with Gasteiger partial charge in [-0.25, -0.2) is 4.98 Å². The minimum absolute atomic E-state index is 0.137.